The van der Waals surface area contributed by atoms with Gasteiger partial charge in [0.25, 0.3) is 0 Å². The van der Waals surface area contributed by atoms with Crippen LogP contribution in [0.5, 0.6) is 5.75 Å². The zero-order valence-electron chi connectivity index (χ0n) is 10.2. The van der Waals surface area contributed by atoms with Crippen molar-refractivity contribution in [3.63, 3.8) is 0 Å². The number of nitrogens with zero attached hydrogens (tertiary/aromatic N) is 1. The van der Waals surface area contributed by atoms with Crippen molar-refractivity contribution in [2.75, 3.05) is 0 Å². The molecule has 0 saturated heterocycles. The van der Waals surface area contributed by atoms with Crippen LogP contribution in [0.4, 0.5) is 0 Å². The van der Waals surface area contributed by atoms with Gasteiger partial charge < -0.3 is 9.84 Å². The summed E-state index contributed by atoms with van der Waals surface area (Å²) in [6.07, 6.45) is 5.38. The Balaban J connectivity index is 1.81. The van der Waals surface area contributed by atoms with Crippen molar-refractivity contribution in [1.82, 2.24) is 4.98 Å². The first-order valence-electron chi connectivity index (χ1n) is 6.52. The summed E-state index contributed by atoms with van der Waals surface area (Å²) in [5, 5.41) is 11.0. The first-order chi connectivity index (χ1) is 8.83. The van der Waals surface area contributed by atoms with Crippen molar-refractivity contribution in [2.45, 2.75) is 37.9 Å². The van der Waals surface area contributed by atoms with E-state index < -0.39 is 0 Å². The van der Waals surface area contributed by atoms with Crippen LogP contribution in [0.25, 0.3) is 10.9 Å². The van der Waals surface area contributed by atoms with Gasteiger partial charge in [0.15, 0.2) is 0 Å². The lowest BCUT2D eigenvalue weighted by atomic mass is 9.95. The molecular formula is C15H17NO2. The van der Waals surface area contributed by atoms with Crippen LogP contribution in [-0.4, -0.2) is 22.3 Å². The molecule has 1 aliphatic rings. The van der Waals surface area contributed by atoms with Crippen molar-refractivity contribution >= 4 is 10.9 Å². The maximum atomic E-state index is 9.90. The summed E-state index contributed by atoms with van der Waals surface area (Å²) in [4.78, 5) is 4.31. The molecule has 0 spiro atoms. The fraction of sp³-hybridized carbons (Fsp3) is 0.400. The average Bonchev–Trinajstić information content (AvgIpc) is 2.41. The highest BCUT2D eigenvalue weighted by Crippen LogP contribution is 2.25. The number of fused-ring (bicyclic) bond motifs is 1. The lowest BCUT2D eigenvalue weighted by Crippen LogP contribution is -2.34. The molecule has 1 aromatic heterocycles. The molecule has 1 heterocycles. The summed E-state index contributed by atoms with van der Waals surface area (Å²) >= 11 is 0. The van der Waals surface area contributed by atoms with E-state index in [0.29, 0.717) is 0 Å². The number of aliphatic hydroxyl groups is 1. The van der Waals surface area contributed by atoms with E-state index in [9.17, 15) is 5.11 Å². The van der Waals surface area contributed by atoms with Gasteiger partial charge in [0.2, 0.25) is 0 Å². The summed E-state index contributed by atoms with van der Waals surface area (Å²) in [6.45, 7) is 0. The molecule has 94 valence electrons. The molecule has 1 N–H and O–H groups in total. The third-order valence-electron chi connectivity index (χ3n) is 3.53. The van der Waals surface area contributed by atoms with Crippen LogP contribution in [0.15, 0.2) is 36.5 Å². The van der Waals surface area contributed by atoms with Crippen molar-refractivity contribution < 1.29 is 9.84 Å². The van der Waals surface area contributed by atoms with Gasteiger partial charge in [0.05, 0.1) is 11.6 Å². The zero-order valence-corrected chi connectivity index (χ0v) is 10.2. The number of ether oxygens (including phenoxy) is 1. The summed E-state index contributed by atoms with van der Waals surface area (Å²) in [6, 6.07) is 9.85. The van der Waals surface area contributed by atoms with Gasteiger partial charge in [-0.3, -0.25) is 4.98 Å². The number of hydrogen-bond acceptors (Lipinski definition) is 3. The summed E-state index contributed by atoms with van der Waals surface area (Å²) in [5.74, 6) is 0.798. The fourth-order valence-electron chi connectivity index (χ4n) is 2.51. The van der Waals surface area contributed by atoms with E-state index in [0.717, 1.165) is 42.3 Å². The predicted molar refractivity (Wildman–Crippen MR) is 70.6 cm³/mol. The highest BCUT2D eigenvalue weighted by atomic mass is 16.5. The van der Waals surface area contributed by atoms with E-state index in [1.807, 2.05) is 30.3 Å². The Morgan fingerprint density at radius 2 is 2.06 bits per heavy atom. The number of aliphatic hydroxyl groups excluding tert-OH is 1. The number of pyridine rings is 1. The molecule has 1 aromatic carbocycles. The normalized spacial score (nSPS) is 24.1. The second-order valence-electron chi connectivity index (χ2n) is 4.87. The molecule has 0 aliphatic heterocycles. The largest absolute Gasteiger partial charge is 0.488 e. The molecule has 0 unspecified atom stereocenters. The number of aromatic nitrogens is 1. The first-order valence-corrected chi connectivity index (χ1v) is 6.52. The maximum Gasteiger partial charge on any atom is 0.124 e. The minimum atomic E-state index is -0.335. The smallest absolute Gasteiger partial charge is 0.124 e. The number of hydrogen-bond donors (Lipinski definition) is 1. The Hall–Kier alpha value is -1.61. The van der Waals surface area contributed by atoms with E-state index in [2.05, 4.69) is 4.98 Å². The van der Waals surface area contributed by atoms with Crippen molar-refractivity contribution in [3.05, 3.63) is 36.5 Å². The van der Waals surface area contributed by atoms with E-state index in [-0.39, 0.29) is 12.2 Å². The number of benzene rings is 1. The van der Waals surface area contributed by atoms with Crippen molar-refractivity contribution in [2.24, 2.45) is 0 Å². The lowest BCUT2D eigenvalue weighted by molar-refractivity contribution is 0.00694. The van der Waals surface area contributed by atoms with E-state index in [4.69, 9.17) is 4.74 Å². The van der Waals surface area contributed by atoms with Crippen LogP contribution in [0.2, 0.25) is 0 Å². The van der Waals surface area contributed by atoms with Gasteiger partial charge in [-0.15, -0.1) is 0 Å². The molecule has 1 fully saturated rings. The molecule has 3 heteroatoms. The first kappa shape index (κ1) is 11.5. The third kappa shape index (κ3) is 2.31. The monoisotopic (exact) mass is 243 g/mol. The second kappa shape index (κ2) is 4.94. The Labute approximate surface area is 106 Å². The fourth-order valence-corrected chi connectivity index (χ4v) is 2.51. The number of rotatable bonds is 2. The molecule has 3 rings (SSSR count). The lowest BCUT2D eigenvalue weighted by Gasteiger charge is -2.28. The highest BCUT2D eigenvalue weighted by Gasteiger charge is 2.24. The van der Waals surface area contributed by atoms with Crippen LogP contribution >= 0.6 is 0 Å². The molecule has 1 saturated carbocycles. The predicted octanol–water partition coefficient (Wildman–Crippen LogP) is 2.92. The minimum absolute atomic E-state index is 0.0695. The Morgan fingerprint density at radius 3 is 2.94 bits per heavy atom. The SMILES string of the molecule is O[C@@H]1CCCC[C@H]1Oc1ccc2cccnc2c1. The topological polar surface area (TPSA) is 42.4 Å². The Morgan fingerprint density at radius 1 is 1.17 bits per heavy atom. The highest BCUT2D eigenvalue weighted by molar-refractivity contribution is 5.79. The van der Waals surface area contributed by atoms with Crippen LogP contribution in [0, 0.1) is 0 Å². The van der Waals surface area contributed by atoms with Gasteiger partial charge in [0.1, 0.15) is 11.9 Å². The average molecular weight is 243 g/mol. The quantitative estimate of drug-likeness (QED) is 0.881. The van der Waals surface area contributed by atoms with Crippen molar-refractivity contribution in [3.8, 4) is 5.75 Å². The molecule has 0 radical (unpaired) electrons. The zero-order chi connectivity index (χ0) is 12.4. The van der Waals surface area contributed by atoms with Crippen molar-refractivity contribution in [1.29, 1.82) is 0 Å². The minimum Gasteiger partial charge on any atom is -0.488 e. The molecular weight excluding hydrogens is 226 g/mol. The van der Waals surface area contributed by atoms with Gasteiger partial charge in [-0.2, -0.15) is 0 Å². The maximum absolute atomic E-state index is 9.90. The molecule has 0 amide bonds. The summed E-state index contributed by atoms with van der Waals surface area (Å²) in [7, 11) is 0. The van der Waals surface area contributed by atoms with Gasteiger partial charge >= 0.3 is 0 Å². The molecule has 1 aliphatic carbocycles. The van der Waals surface area contributed by atoms with Crippen LogP contribution in [-0.2, 0) is 0 Å². The molecule has 3 nitrogen and oxygen atoms in total. The van der Waals surface area contributed by atoms with Crippen LogP contribution in [0.1, 0.15) is 25.7 Å². The third-order valence-corrected chi connectivity index (χ3v) is 3.53. The molecule has 0 bridgehead atoms. The molecule has 2 atom stereocenters. The Kier molecular flexibility index (Phi) is 3.15. The van der Waals surface area contributed by atoms with Crippen LogP contribution in [0.3, 0.4) is 0 Å². The van der Waals surface area contributed by atoms with Gasteiger partial charge in [-0.1, -0.05) is 12.5 Å². The second-order valence-corrected chi connectivity index (χ2v) is 4.87. The Bertz CT molecular complexity index is 541. The molecule has 18 heavy (non-hydrogen) atoms. The van der Waals surface area contributed by atoms with E-state index >= 15 is 0 Å². The van der Waals surface area contributed by atoms with Gasteiger partial charge in [-0.25, -0.2) is 0 Å². The molecule has 2 aromatic rings. The van der Waals surface area contributed by atoms with Crippen LogP contribution < -0.4 is 4.74 Å². The van der Waals surface area contributed by atoms with E-state index in [1.54, 1.807) is 6.20 Å². The summed E-state index contributed by atoms with van der Waals surface area (Å²) < 4.78 is 5.89. The van der Waals surface area contributed by atoms with Gasteiger partial charge in [-0.05, 0) is 37.5 Å². The standard InChI is InChI=1S/C15H17NO2/c17-14-5-1-2-6-15(14)18-12-8-7-11-4-3-9-16-13(11)10-12/h3-4,7-10,14-15,17H,1-2,5-6H2/t14-,15-/m1/s1. The van der Waals surface area contributed by atoms with Gasteiger partial charge in [0, 0.05) is 17.6 Å². The summed E-state index contributed by atoms with van der Waals surface area (Å²) in [5.41, 5.74) is 0.931. The van der Waals surface area contributed by atoms with E-state index in [1.165, 1.54) is 0 Å².